The molecule has 1 aliphatic heterocycles. The number of halogens is 1. The molecule has 4 nitrogen and oxygen atoms in total. The highest BCUT2D eigenvalue weighted by Crippen LogP contribution is 2.25. The Hall–Kier alpha value is -0.420. The molecule has 1 unspecified atom stereocenters. The van der Waals surface area contributed by atoms with Crippen LogP contribution in [-0.2, 0) is 16.6 Å². The van der Waals surface area contributed by atoms with Gasteiger partial charge in [-0.05, 0) is 19.3 Å². The normalized spacial score (nSPS) is 21.2. The first kappa shape index (κ1) is 12.0. The van der Waals surface area contributed by atoms with Gasteiger partial charge in [0, 0.05) is 19.1 Å². The molecular formula is C11H18BrN3O. The van der Waals surface area contributed by atoms with Gasteiger partial charge >= 0.3 is 0 Å². The minimum absolute atomic E-state index is 0.431. The summed E-state index contributed by atoms with van der Waals surface area (Å²) in [6.45, 7) is 4.87. The van der Waals surface area contributed by atoms with Crippen LogP contribution in [0.25, 0.3) is 0 Å². The van der Waals surface area contributed by atoms with Gasteiger partial charge in [0.25, 0.3) is 0 Å². The Bertz CT molecular complexity index is 334. The molecule has 0 N–H and O–H groups in total. The summed E-state index contributed by atoms with van der Waals surface area (Å²) in [4.78, 5) is 0. The highest BCUT2D eigenvalue weighted by molar-refractivity contribution is 9.08. The Morgan fingerprint density at radius 2 is 2.38 bits per heavy atom. The predicted octanol–water partition coefficient (Wildman–Crippen LogP) is 2.48. The summed E-state index contributed by atoms with van der Waals surface area (Å²) in [5.41, 5.74) is 0. The number of ether oxygens (including phenoxy) is 1. The van der Waals surface area contributed by atoms with E-state index in [2.05, 4.69) is 37.6 Å². The topological polar surface area (TPSA) is 39.9 Å². The first-order valence-corrected chi connectivity index (χ1v) is 7.04. The van der Waals surface area contributed by atoms with E-state index in [4.69, 9.17) is 4.74 Å². The zero-order valence-electron chi connectivity index (χ0n) is 9.65. The third-order valence-corrected chi connectivity index (χ3v) is 3.45. The van der Waals surface area contributed by atoms with E-state index in [0.717, 1.165) is 49.6 Å². The number of aromatic nitrogens is 3. The van der Waals surface area contributed by atoms with Crippen molar-refractivity contribution in [1.82, 2.24) is 14.8 Å². The molecule has 90 valence electrons. The molecule has 0 bridgehead atoms. The monoisotopic (exact) mass is 287 g/mol. The Morgan fingerprint density at radius 3 is 3.00 bits per heavy atom. The molecule has 16 heavy (non-hydrogen) atoms. The number of hydrogen-bond acceptors (Lipinski definition) is 3. The van der Waals surface area contributed by atoms with Crippen molar-refractivity contribution in [3.05, 3.63) is 11.6 Å². The smallest absolute Gasteiger partial charge is 0.143 e. The zero-order valence-corrected chi connectivity index (χ0v) is 11.2. The summed E-state index contributed by atoms with van der Waals surface area (Å²) in [5, 5.41) is 9.34. The SMILES string of the molecule is CCCn1c(CBr)nnc1C1CCCOC1. The van der Waals surface area contributed by atoms with Crippen LogP contribution in [0.15, 0.2) is 0 Å². The lowest BCUT2D eigenvalue weighted by Gasteiger charge is -2.22. The maximum absolute atomic E-state index is 5.52. The molecule has 1 aliphatic rings. The summed E-state index contributed by atoms with van der Waals surface area (Å²) in [7, 11) is 0. The van der Waals surface area contributed by atoms with Crippen LogP contribution in [0.5, 0.6) is 0 Å². The third-order valence-electron chi connectivity index (χ3n) is 2.95. The van der Waals surface area contributed by atoms with E-state index >= 15 is 0 Å². The van der Waals surface area contributed by atoms with Crippen LogP contribution in [0.4, 0.5) is 0 Å². The Labute approximate surface area is 105 Å². The predicted molar refractivity (Wildman–Crippen MR) is 65.7 cm³/mol. The molecule has 1 fully saturated rings. The van der Waals surface area contributed by atoms with Gasteiger partial charge in [0.15, 0.2) is 0 Å². The highest BCUT2D eigenvalue weighted by Gasteiger charge is 2.22. The molecule has 5 heteroatoms. The first-order chi connectivity index (χ1) is 7.86. The van der Waals surface area contributed by atoms with Crippen molar-refractivity contribution in [1.29, 1.82) is 0 Å². The van der Waals surface area contributed by atoms with Gasteiger partial charge in [-0.15, -0.1) is 10.2 Å². The van der Waals surface area contributed by atoms with Crippen LogP contribution in [-0.4, -0.2) is 28.0 Å². The highest BCUT2D eigenvalue weighted by atomic mass is 79.9. The van der Waals surface area contributed by atoms with E-state index in [1.165, 1.54) is 6.42 Å². The van der Waals surface area contributed by atoms with Gasteiger partial charge in [0.05, 0.1) is 11.9 Å². The molecule has 1 atom stereocenters. The quantitative estimate of drug-likeness (QED) is 0.799. The molecule has 0 radical (unpaired) electrons. The van der Waals surface area contributed by atoms with Gasteiger partial charge in [-0.25, -0.2) is 0 Å². The summed E-state index contributed by atoms with van der Waals surface area (Å²) in [5.74, 6) is 2.57. The van der Waals surface area contributed by atoms with E-state index in [1.54, 1.807) is 0 Å². The van der Waals surface area contributed by atoms with Crippen molar-refractivity contribution >= 4 is 15.9 Å². The molecule has 2 heterocycles. The molecule has 0 aromatic carbocycles. The second-order valence-electron chi connectivity index (χ2n) is 4.17. The van der Waals surface area contributed by atoms with Gasteiger partial charge in [-0.3, -0.25) is 0 Å². The van der Waals surface area contributed by atoms with Crippen LogP contribution >= 0.6 is 15.9 Å². The maximum Gasteiger partial charge on any atom is 0.143 e. The fourth-order valence-electron chi connectivity index (χ4n) is 2.16. The number of hydrogen-bond donors (Lipinski definition) is 0. The summed E-state index contributed by atoms with van der Waals surface area (Å²) in [6.07, 6.45) is 3.41. The fraction of sp³-hybridized carbons (Fsp3) is 0.818. The lowest BCUT2D eigenvalue weighted by molar-refractivity contribution is 0.0768. The average Bonchev–Trinajstić information content (AvgIpc) is 2.74. The van der Waals surface area contributed by atoms with Gasteiger partial charge < -0.3 is 9.30 Å². The first-order valence-electron chi connectivity index (χ1n) is 5.92. The standard InChI is InChI=1S/C11H18BrN3O/c1-2-5-15-10(7-12)13-14-11(15)9-4-3-6-16-8-9/h9H,2-8H2,1H3. The van der Waals surface area contributed by atoms with Crippen molar-refractivity contribution in [2.24, 2.45) is 0 Å². The lowest BCUT2D eigenvalue weighted by Crippen LogP contribution is -2.20. The molecule has 2 rings (SSSR count). The van der Waals surface area contributed by atoms with Crippen LogP contribution in [0.2, 0.25) is 0 Å². The van der Waals surface area contributed by atoms with E-state index in [1.807, 2.05) is 0 Å². The van der Waals surface area contributed by atoms with Crippen molar-refractivity contribution in [2.45, 2.75) is 44.0 Å². The molecule has 0 aliphatic carbocycles. The Balaban J connectivity index is 2.20. The average molecular weight is 288 g/mol. The summed E-state index contributed by atoms with van der Waals surface area (Å²) < 4.78 is 7.76. The van der Waals surface area contributed by atoms with Crippen molar-refractivity contribution in [3.8, 4) is 0 Å². The molecule has 1 aromatic heterocycles. The molecule has 1 saturated heterocycles. The Morgan fingerprint density at radius 1 is 1.50 bits per heavy atom. The van der Waals surface area contributed by atoms with Crippen molar-refractivity contribution in [3.63, 3.8) is 0 Å². The molecular weight excluding hydrogens is 270 g/mol. The van der Waals surface area contributed by atoms with Gasteiger partial charge in [0.2, 0.25) is 0 Å². The minimum atomic E-state index is 0.431. The number of nitrogens with zero attached hydrogens (tertiary/aromatic N) is 3. The number of alkyl halides is 1. The van der Waals surface area contributed by atoms with Crippen molar-refractivity contribution < 1.29 is 4.74 Å². The van der Waals surface area contributed by atoms with Gasteiger partial charge in [-0.1, -0.05) is 22.9 Å². The molecule has 0 spiro atoms. The second kappa shape index (κ2) is 5.77. The van der Waals surface area contributed by atoms with Crippen LogP contribution in [0, 0.1) is 0 Å². The largest absolute Gasteiger partial charge is 0.381 e. The van der Waals surface area contributed by atoms with E-state index in [9.17, 15) is 0 Å². The second-order valence-corrected chi connectivity index (χ2v) is 4.73. The molecule has 1 aromatic rings. The molecule has 0 amide bonds. The zero-order chi connectivity index (χ0) is 11.4. The van der Waals surface area contributed by atoms with Crippen LogP contribution in [0.3, 0.4) is 0 Å². The maximum atomic E-state index is 5.52. The van der Waals surface area contributed by atoms with Crippen molar-refractivity contribution in [2.75, 3.05) is 13.2 Å². The summed E-state index contributed by atoms with van der Waals surface area (Å²) >= 11 is 3.46. The van der Waals surface area contributed by atoms with Gasteiger partial charge in [0.1, 0.15) is 11.6 Å². The van der Waals surface area contributed by atoms with Gasteiger partial charge in [-0.2, -0.15) is 0 Å². The van der Waals surface area contributed by atoms with Crippen LogP contribution in [0.1, 0.15) is 43.8 Å². The minimum Gasteiger partial charge on any atom is -0.381 e. The third kappa shape index (κ3) is 2.46. The van der Waals surface area contributed by atoms with E-state index < -0.39 is 0 Å². The summed E-state index contributed by atoms with van der Waals surface area (Å²) in [6, 6.07) is 0. The van der Waals surface area contributed by atoms with Crippen LogP contribution < -0.4 is 0 Å². The fourth-order valence-corrected chi connectivity index (χ4v) is 2.58. The Kier molecular flexibility index (Phi) is 4.35. The molecule has 0 saturated carbocycles. The van der Waals surface area contributed by atoms with E-state index in [0.29, 0.717) is 5.92 Å². The lowest BCUT2D eigenvalue weighted by atomic mass is 10.0. The van der Waals surface area contributed by atoms with E-state index in [-0.39, 0.29) is 0 Å². The number of rotatable bonds is 4.